The van der Waals surface area contributed by atoms with Crippen molar-refractivity contribution in [3.05, 3.63) is 58.4 Å². The Hall–Kier alpha value is -2.89. The number of likely N-dealkylation sites (tertiary alicyclic amines) is 1. The van der Waals surface area contributed by atoms with Crippen molar-refractivity contribution in [2.24, 2.45) is 0 Å². The third-order valence-electron chi connectivity index (χ3n) is 5.32. The van der Waals surface area contributed by atoms with Crippen LogP contribution in [0.15, 0.2) is 41.5 Å². The van der Waals surface area contributed by atoms with E-state index in [-0.39, 0.29) is 24.5 Å². The third kappa shape index (κ3) is 5.67. The number of piperidine rings is 1. The zero-order chi connectivity index (χ0) is 23.7. The molecule has 0 aliphatic carbocycles. The number of carbonyl (C=O) groups is 1. The van der Waals surface area contributed by atoms with Crippen LogP contribution in [0.2, 0.25) is 0 Å². The molecule has 1 saturated heterocycles. The largest absolute Gasteiger partial charge is 0.406 e. The lowest BCUT2D eigenvalue weighted by Crippen LogP contribution is -2.52. The van der Waals surface area contributed by atoms with Crippen molar-refractivity contribution in [2.75, 3.05) is 18.4 Å². The lowest BCUT2D eigenvalue weighted by atomic mass is 9.87. The molecule has 0 unspecified atom stereocenters. The second kappa shape index (κ2) is 8.93. The van der Waals surface area contributed by atoms with E-state index in [1.54, 1.807) is 0 Å². The first-order valence-electron chi connectivity index (χ1n) is 9.67. The van der Waals surface area contributed by atoms with Gasteiger partial charge in [-0.1, -0.05) is 6.07 Å². The fraction of sp³-hybridized carbons (Fsp3) is 0.450. The van der Waals surface area contributed by atoms with Crippen LogP contribution in [0.5, 0.6) is 0 Å². The van der Waals surface area contributed by atoms with E-state index in [9.17, 15) is 35.9 Å². The first kappa shape index (κ1) is 23.8. The summed E-state index contributed by atoms with van der Waals surface area (Å²) in [7, 11) is 0. The van der Waals surface area contributed by atoms with Crippen LogP contribution < -0.4 is 10.9 Å². The average Bonchev–Trinajstić information content (AvgIpc) is 2.70. The van der Waals surface area contributed by atoms with Crippen molar-refractivity contribution < 1.29 is 31.1 Å². The Balaban J connectivity index is 1.79. The van der Waals surface area contributed by atoms with Crippen molar-refractivity contribution in [3.8, 4) is 0 Å². The molecule has 0 saturated carbocycles. The Bertz CT molecular complexity index is 1020. The molecule has 1 aliphatic heterocycles. The second-order valence-electron chi connectivity index (χ2n) is 7.63. The van der Waals surface area contributed by atoms with Gasteiger partial charge in [0.15, 0.2) is 0 Å². The van der Waals surface area contributed by atoms with Gasteiger partial charge in [0, 0.05) is 31.8 Å². The van der Waals surface area contributed by atoms with Crippen LogP contribution in [0, 0.1) is 5.82 Å². The van der Waals surface area contributed by atoms with Crippen molar-refractivity contribution >= 4 is 11.7 Å². The molecule has 1 amide bonds. The molecule has 2 atom stereocenters. The number of rotatable bonds is 5. The van der Waals surface area contributed by atoms with Gasteiger partial charge in [0.25, 0.3) is 11.5 Å². The Morgan fingerprint density at radius 2 is 2.00 bits per heavy atom. The molecule has 3 heterocycles. The number of anilines is 1. The van der Waals surface area contributed by atoms with Crippen LogP contribution >= 0.6 is 0 Å². The predicted molar refractivity (Wildman–Crippen MR) is 103 cm³/mol. The molecule has 32 heavy (non-hydrogen) atoms. The van der Waals surface area contributed by atoms with E-state index in [0.717, 1.165) is 30.6 Å². The summed E-state index contributed by atoms with van der Waals surface area (Å²) in [5, 5.41) is 2.47. The number of alkyl halides is 5. The summed E-state index contributed by atoms with van der Waals surface area (Å²) in [4.78, 5) is 29.4. The molecular formula is C20H20F6N4O2. The zero-order valence-electron chi connectivity index (χ0n) is 16.9. The van der Waals surface area contributed by atoms with Gasteiger partial charge < -0.3 is 9.88 Å². The van der Waals surface area contributed by atoms with Gasteiger partial charge in [0.2, 0.25) is 5.91 Å². The van der Waals surface area contributed by atoms with Gasteiger partial charge in [0.1, 0.15) is 18.2 Å². The number of hydrogen-bond acceptors (Lipinski definition) is 4. The molecule has 0 bridgehead atoms. The fourth-order valence-electron chi connectivity index (χ4n) is 3.55. The number of aromatic nitrogens is 2. The molecule has 0 radical (unpaired) electrons. The first-order valence-corrected chi connectivity index (χ1v) is 9.67. The summed E-state index contributed by atoms with van der Waals surface area (Å²) >= 11 is 0. The molecule has 2 aromatic rings. The lowest BCUT2D eigenvalue weighted by molar-refractivity contribution is -0.141. The SMILES string of the molecule is C[C@@H](C(=O)Nc1ccc(F)cn1)N1CCC(F)(F)[C@@H](c2ccc(=O)n(CC(F)(F)F)c2)C1. The van der Waals surface area contributed by atoms with E-state index < -0.39 is 54.3 Å². The Morgan fingerprint density at radius 1 is 1.28 bits per heavy atom. The van der Waals surface area contributed by atoms with E-state index in [2.05, 4.69) is 10.3 Å². The summed E-state index contributed by atoms with van der Waals surface area (Å²) in [5.74, 6) is -5.83. The zero-order valence-corrected chi connectivity index (χ0v) is 16.9. The molecule has 0 aromatic carbocycles. The van der Waals surface area contributed by atoms with Crippen LogP contribution in [0.4, 0.5) is 32.2 Å². The molecule has 2 aromatic heterocycles. The minimum atomic E-state index is -4.69. The number of amides is 1. The van der Waals surface area contributed by atoms with E-state index in [0.29, 0.717) is 4.57 Å². The first-order chi connectivity index (χ1) is 14.9. The minimum absolute atomic E-state index is 0.0846. The van der Waals surface area contributed by atoms with Crippen LogP contribution in [-0.4, -0.2) is 51.6 Å². The van der Waals surface area contributed by atoms with Crippen molar-refractivity contribution in [3.63, 3.8) is 0 Å². The van der Waals surface area contributed by atoms with Gasteiger partial charge in [-0.2, -0.15) is 13.2 Å². The van der Waals surface area contributed by atoms with Gasteiger partial charge in [-0.25, -0.2) is 18.2 Å². The molecule has 0 spiro atoms. The van der Waals surface area contributed by atoms with Gasteiger partial charge in [-0.15, -0.1) is 0 Å². The van der Waals surface area contributed by atoms with Crippen LogP contribution in [-0.2, 0) is 11.3 Å². The Morgan fingerprint density at radius 3 is 2.62 bits per heavy atom. The van der Waals surface area contributed by atoms with Crippen LogP contribution in [0.1, 0.15) is 24.8 Å². The third-order valence-corrected chi connectivity index (χ3v) is 5.32. The van der Waals surface area contributed by atoms with Crippen molar-refractivity contribution in [2.45, 2.75) is 43.9 Å². The van der Waals surface area contributed by atoms with Crippen molar-refractivity contribution in [1.82, 2.24) is 14.5 Å². The maximum atomic E-state index is 14.7. The standard InChI is InChI=1S/C20H20F6N4O2/c1-12(18(32)28-16-4-3-14(21)8-27-16)29-7-6-19(22,23)15(10-29)13-2-5-17(31)30(9-13)11-20(24,25)26/h2-5,8-9,12,15H,6-7,10-11H2,1H3,(H,27,28,32)/t12-,15+/m0/s1. The quantitative estimate of drug-likeness (QED) is 0.692. The van der Waals surface area contributed by atoms with Crippen molar-refractivity contribution in [1.29, 1.82) is 0 Å². The molecular weight excluding hydrogens is 442 g/mol. The predicted octanol–water partition coefficient (Wildman–Crippen LogP) is 3.40. The summed E-state index contributed by atoms with van der Waals surface area (Å²) < 4.78 is 80.8. The van der Waals surface area contributed by atoms with E-state index >= 15 is 0 Å². The highest BCUT2D eigenvalue weighted by Crippen LogP contribution is 2.40. The monoisotopic (exact) mass is 462 g/mol. The summed E-state index contributed by atoms with van der Waals surface area (Å²) in [6.45, 7) is -0.547. The topological polar surface area (TPSA) is 67.2 Å². The van der Waals surface area contributed by atoms with Gasteiger partial charge >= 0.3 is 6.18 Å². The fourth-order valence-corrected chi connectivity index (χ4v) is 3.55. The number of pyridine rings is 2. The average molecular weight is 462 g/mol. The molecule has 174 valence electrons. The Kier molecular flexibility index (Phi) is 6.63. The smallest absolute Gasteiger partial charge is 0.309 e. The lowest BCUT2D eigenvalue weighted by Gasteiger charge is -2.40. The number of nitrogens with one attached hydrogen (secondary N) is 1. The molecule has 1 N–H and O–H groups in total. The van der Waals surface area contributed by atoms with Gasteiger partial charge in [0.05, 0.1) is 18.2 Å². The van der Waals surface area contributed by atoms with Gasteiger partial charge in [-0.3, -0.25) is 14.5 Å². The van der Waals surface area contributed by atoms with Gasteiger partial charge in [-0.05, 0) is 24.6 Å². The maximum Gasteiger partial charge on any atom is 0.406 e. The molecule has 1 fully saturated rings. The Labute approximate surface area is 178 Å². The maximum absolute atomic E-state index is 14.7. The van der Waals surface area contributed by atoms with Crippen LogP contribution in [0.25, 0.3) is 0 Å². The highest BCUT2D eigenvalue weighted by molar-refractivity contribution is 5.93. The van der Waals surface area contributed by atoms with E-state index in [4.69, 9.17) is 0 Å². The summed E-state index contributed by atoms with van der Waals surface area (Å²) in [5.41, 5.74) is -1.09. The summed E-state index contributed by atoms with van der Waals surface area (Å²) in [6, 6.07) is 3.38. The molecule has 12 heteroatoms. The summed E-state index contributed by atoms with van der Waals surface area (Å²) in [6.07, 6.45) is -3.61. The number of halogens is 6. The van der Waals surface area contributed by atoms with Crippen LogP contribution in [0.3, 0.4) is 0 Å². The number of hydrogen-bond donors (Lipinski definition) is 1. The molecule has 1 aliphatic rings. The highest BCUT2D eigenvalue weighted by Gasteiger charge is 2.46. The number of nitrogens with zero attached hydrogens (tertiary/aromatic N) is 3. The van der Waals surface area contributed by atoms with E-state index in [1.807, 2.05) is 0 Å². The normalized spacial score (nSPS) is 20.0. The highest BCUT2D eigenvalue weighted by atomic mass is 19.4. The molecule has 6 nitrogen and oxygen atoms in total. The minimum Gasteiger partial charge on any atom is -0.309 e. The second-order valence-corrected chi connectivity index (χ2v) is 7.63. The van der Waals surface area contributed by atoms with E-state index in [1.165, 1.54) is 17.9 Å². The molecule has 3 rings (SSSR count). The number of carbonyl (C=O) groups excluding carboxylic acids is 1.